The van der Waals surface area contributed by atoms with E-state index in [4.69, 9.17) is 15.6 Å². The summed E-state index contributed by atoms with van der Waals surface area (Å²) in [7, 11) is 0.144. The summed E-state index contributed by atoms with van der Waals surface area (Å²) in [5.41, 5.74) is 6.27. The average Bonchev–Trinajstić information content (AvgIpc) is 2.49. The maximum Gasteiger partial charge on any atom is 0.404 e. The molecule has 0 spiro atoms. The first kappa shape index (κ1) is 19.4. The number of amides is 1. The molecule has 0 heterocycles. The molecule has 130 valence electrons. The van der Waals surface area contributed by atoms with Gasteiger partial charge in [-0.3, -0.25) is 0 Å². The molecule has 0 saturated heterocycles. The van der Waals surface area contributed by atoms with E-state index in [1.165, 1.54) is 7.11 Å². The average molecular weight is 343 g/mol. The summed E-state index contributed by atoms with van der Waals surface area (Å²) in [6.45, 7) is 5.16. The molecule has 0 fully saturated rings. The Morgan fingerprint density at radius 2 is 1.96 bits per heavy atom. The topological polar surface area (TPSA) is 105 Å². The molecule has 23 heavy (non-hydrogen) atoms. The number of hydrogen-bond donors (Lipinski definition) is 3. The molecule has 1 amide bonds. The van der Waals surface area contributed by atoms with E-state index in [0.29, 0.717) is 29.6 Å². The molecule has 7 nitrogen and oxygen atoms in total. The molecule has 4 N–H and O–H groups in total. The van der Waals surface area contributed by atoms with Crippen LogP contribution >= 0.6 is 0 Å². The van der Waals surface area contributed by atoms with Crippen molar-refractivity contribution in [2.45, 2.75) is 24.8 Å². The van der Waals surface area contributed by atoms with Crippen molar-refractivity contribution in [2.75, 3.05) is 32.5 Å². The number of nitrogens with two attached hydrogens (primary N) is 1. The number of hydrogen-bond acceptors (Lipinski definition) is 4. The van der Waals surface area contributed by atoms with Crippen LogP contribution in [0.3, 0.4) is 0 Å². The highest BCUT2D eigenvalue weighted by atomic mass is 32.2. The SMILES string of the molecule is CO[C@@H](CNC(=O)O)CN(CC(C)C)S(=O)c1ccc(N)cc1. The molecule has 1 aromatic carbocycles. The first-order chi connectivity index (χ1) is 10.8. The Balaban J connectivity index is 2.83. The third-order valence-corrected chi connectivity index (χ3v) is 4.55. The van der Waals surface area contributed by atoms with Gasteiger partial charge in [-0.15, -0.1) is 0 Å². The van der Waals surface area contributed by atoms with E-state index < -0.39 is 17.1 Å². The minimum atomic E-state index is -1.36. The molecule has 0 bridgehead atoms. The summed E-state index contributed by atoms with van der Waals surface area (Å²) in [4.78, 5) is 11.3. The van der Waals surface area contributed by atoms with Crippen molar-refractivity contribution in [3.63, 3.8) is 0 Å². The molecule has 0 aliphatic carbocycles. The van der Waals surface area contributed by atoms with Crippen LogP contribution in [-0.2, 0) is 15.7 Å². The first-order valence-electron chi connectivity index (χ1n) is 7.35. The molecule has 2 atom stereocenters. The molecule has 1 rings (SSSR count). The molecule has 0 aliphatic heterocycles. The molecular weight excluding hydrogens is 318 g/mol. The van der Waals surface area contributed by atoms with Gasteiger partial charge in [0.05, 0.1) is 11.0 Å². The number of benzene rings is 1. The van der Waals surface area contributed by atoms with Gasteiger partial charge in [0.15, 0.2) is 0 Å². The second-order valence-electron chi connectivity index (χ2n) is 5.60. The zero-order chi connectivity index (χ0) is 17.4. The number of rotatable bonds is 9. The fourth-order valence-electron chi connectivity index (χ4n) is 2.00. The number of nitrogen functional groups attached to an aromatic ring is 1. The van der Waals surface area contributed by atoms with Gasteiger partial charge in [0.25, 0.3) is 0 Å². The number of ether oxygens (including phenoxy) is 1. The van der Waals surface area contributed by atoms with E-state index in [9.17, 15) is 9.00 Å². The van der Waals surface area contributed by atoms with Crippen LogP contribution in [0.15, 0.2) is 29.2 Å². The Labute approximate surface area is 139 Å². The Morgan fingerprint density at radius 1 is 1.35 bits per heavy atom. The largest absolute Gasteiger partial charge is 0.465 e. The second kappa shape index (κ2) is 9.49. The Hall–Kier alpha value is -1.64. The molecule has 0 aromatic heterocycles. The van der Waals surface area contributed by atoms with Crippen LogP contribution in [0.2, 0.25) is 0 Å². The Bertz CT molecular complexity index is 522. The summed E-state index contributed by atoms with van der Waals surface area (Å²) in [5, 5.41) is 11.0. The normalized spacial score (nSPS) is 14.0. The summed E-state index contributed by atoms with van der Waals surface area (Å²) in [5.74, 6) is 0.303. The third-order valence-electron chi connectivity index (χ3n) is 3.11. The van der Waals surface area contributed by atoms with Crippen LogP contribution < -0.4 is 11.1 Å². The van der Waals surface area contributed by atoms with Gasteiger partial charge in [0, 0.05) is 32.4 Å². The van der Waals surface area contributed by atoms with Crippen molar-refractivity contribution in [1.29, 1.82) is 0 Å². The molecule has 0 saturated carbocycles. The Kier molecular flexibility index (Phi) is 8.01. The number of nitrogens with one attached hydrogen (secondary N) is 1. The van der Waals surface area contributed by atoms with Crippen molar-refractivity contribution in [2.24, 2.45) is 5.92 Å². The maximum atomic E-state index is 12.8. The van der Waals surface area contributed by atoms with Crippen molar-refractivity contribution in [3.8, 4) is 0 Å². The summed E-state index contributed by atoms with van der Waals surface area (Å²) in [6.07, 6.45) is -1.50. The summed E-state index contributed by atoms with van der Waals surface area (Å²) in [6, 6.07) is 6.88. The number of nitrogens with zero attached hydrogens (tertiary/aromatic N) is 1. The van der Waals surface area contributed by atoms with E-state index in [1.807, 2.05) is 13.8 Å². The van der Waals surface area contributed by atoms with Gasteiger partial charge < -0.3 is 20.9 Å². The fourth-order valence-corrected chi connectivity index (χ4v) is 3.40. The first-order valence-corrected chi connectivity index (χ1v) is 8.46. The lowest BCUT2D eigenvalue weighted by molar-refractivity contribution is 0.0825. The van der Waals surface area contributed by atoms with Crippen molar-refractivity contribution in [1.82, 2.24) is 9.62 Å². The van der Waals surface area contributed by atoms with E-state index in [0.717, 1.165) is 0 Å². The highest BCUT2D eigenvalue weighted by Gasteiger charge is 2.21. The lowest BCUT2D eigenvalue weighted by Gasteiger charge is -2.27. The van der Waals surface area contributed by atoms with E-state index in [-0.39, 0.29) is 12.6 Å². The van der Waals surface area contributed by atoms with Gasteiger partial charge in [-0.1, -0.05) is 13.8 Å². The minimum Gasteiger partial charge on any atom is -0.465 e. The van der Waals surface area contributed by atoms with E-state index in [1.54, 1.807) is 28.6 Å². The fraction of sp³-hybridized carbons (Fsp3) is 0.533. The van der Waals surface area contributed by atoms with Crippen LogP contribution in [0, 0.1) is 5.92 Å². The summed E-state index contributed by atoms with van der Waals surface area (Å²) >= 11 is 0. The van der Waals surface area contributed by atoms with Gasteiger partial charge >= 0.3 is 6.09 Å². The lowest BCUT2D eigenvalue weighted by atomic mass is 10.2. The van der Waals surface area contributed by atoms with E-state index >= 15 is 0 Å². The second-order valence-corrected chi connectivity index (χ2v) is 7.09. The van der Waals surface area contributed by atoms with Crippen molar-refractivity contribution < 1.29 is 18.8 Å². The number of carbonyl (C=O) groups is 1. The highest BCUT2D eigenvalue weighted by Crippen LogP contribution is 2.15. The van der Waals surface area contributed by atoms with Gasteiger partial charge in [-0.25, -0.2) is 13.3 Å². The number of carboxylic acid groups (broad SMARTS) is 1. The predicted octanol–water partition coefficient (Wildman–Crippen LogP) is 1.53. The molecule has 0 radical (unpaired) electrons. The van der Waals surface area contributed by atoms with Crippen LogP contribution in [0.1, 0.15) is 13.8 Å². The number of methoxy groups -OCH3 is 1. The molecule has 0 aliphatic rings. The molecule has 1 unspecified atom stereocenters. The van der Waals surface area contributed by atoms with Crippen LogP contribution in [0.4, 0.5) is 10.5 Å². The van der Waals surface area contributed by atoms with Crippen LogP contribution in [-0.4, -0.2) is 52.6 Å². The lowest BCUT2D eigenvalue weighted by Crippen LogP contribution is -2.42. The standard InChI is InChI=1S/C15H25N3O4S/c1-11(2)9-18(10-13(22-3)8-17-15(19)20)23(21)14-6-4-12(16)5-7-14/h4-7,11,13,17H,8-10,16H2,1-3H3,(H,19,20)/t13-,23?/m0/s1. The number of anilines is 1. The van der Waals surface area contributed by atoms with Crippen LogP contribution in [0.25, 0.3) is 0 Å². The zero-order valence-corrected chi connectivity index (χ0v) is 14.5. The monoisotopic (exact) mass is 343 g/mol. The minimum absolute atomic E-state index is 0.138. The maximum absolute atomic E-state index is 12.8. The van der Waals surface area contributed by atoms with Gasteiger partial charge in [0.1, 0.15) is 11.0 Å². The van der Waals surface area contributed by atoms with Crippen molar-refractivity contribution >= 4 is 22.8 Å². The smallest absolute Gasteiger partial charge is 0.404 e. The summed E-state index contributed by atoms with van der Waals surface area (Å²) < 4.78 is 19.9. The van der Waals surface area contributed by atoms with Gasteiger partial charge in [0.2, 0.25) is 0 Å². The van der Waals surface area contributed by atoms with Crippen molar-refractivity contribution in [3.05, 3.63) is 24.3 Å². The quantitative estimate of drug-likeness (QED) is 0.590. The van der Waals surface area contributed by atoms with Gasteiger partial charge in [-0.05, 0) is 30.2 Å². The zero-order valence-electron chi connectivity index (χ0n) is 13.7. The van der Waals surface area contributed by atoms with E-state index in [2.05, 4.69) is 5.32 Å². The third kappa shape index (κ3) is 6.98. The molecule has 1 aromatic rings. The highest BCUT2D eigenvalue weighted by molar-refractivity contribution is 7.82. The van der Waals surface area contributed by atoms with Gasteiger partial charge in [-0.2, -0.15) is 0 Å². The molecular formula is C15H25N3O4S. The Morgan fingerprint density at radius 3 is 2.43 bits per heavy atom. The predicted molar refractivity (Wildman–Crippen MR) is 90.5 cm³/mol. The van der Waals surface area contributed by atoms with Crippen LogP contribution in [0.5, 0.6) is 0 Å². The molecule has 8 heteroatoms.